The molecule has 1 heterocycles. The lowest BCUT2D eigenvalue weighted by Crippen LogP contribution is -2.38. The van der Waals surface area contributed by atoms with Crippen molar-refractivity contribution in [3.63, 3.8) is 0 Å². The highest BCUT2D eigenvalue weighted by Crippen LogP contribution is 2.28. The number of hydrogen-bond acceptors (Lipinski definition) is 3. The summed E-state index contributed by atoms with van der Waals surface area (Å²) < 4.78 is 14.6. The van der Waals surface area contributed by atoms with E-state index in [1.165, 1.54) is 11.6 Å². The number of halogens is 2. The van der Waals surface area contributed by atoms with E-state index in [9.17, 15) is 4.39 Å². The third-order valence-electron chi connectivity index (χ3n) is 3.60. The molecule has 2 aromatic rings. The van der Waals surface area contributed by atoms with E-state index in [0.717, 1.165) is 22.3 Å². The zero-order valence-corrected chi connectivity index (χ0v) is 14.6. The van der Waals surface area contributed by atoms with Crippen LogP contribution in [0.1, 0.15) is 30.5 Å². The van der Waals surface area contributed by atoms with E-state index in [-0.39, 0.29) is 17.9 Å². The molecule has 1 aromatic heterocycles. The van der Waals surface area contributed by atoms with Gasteiger partial charge in [0.2, 0.25) is 0 Å². The normalized spacial score (nSPS) is 14.4. The molecule has 2 unspecified atom stereocenters. The van der Waals surface area contributed by atoms with Gasteiger partial charge in [0.05, 0.1) is 9.83 Å². The highest BCUT2D eigenvalue weighted by molar-refractivity contribution is 9.11. The van der Waals surface area contributed by atoms with E-state index in [0.29, 0.717) is 0 Å². The Morgan fingerprint density at radius 1 is 1.38 bits per heavy atom. The first-order valence-electron chi connectivity index (χ1n) is 6.95. The topological polar surface area (TPSA) is 29.3 Å². The summed E-state index contributed by atoms with van der Waals surface area (Å²) in [7, 11) is 2.04. The number of likely N-dealkylation sites (N-methyl/N-ethyl adjacent to an activating group) is 1. The van der Waals surface area contributed by atoms with Gasteiger partial charge in [0.15, 0.2) is 0 Å². The fourth-order valence-corrected chi connectivity index (χ4v) is 3.76. The Hall–Kier alpha value is -0.750. The van der Waals surface area contributed by atoms with Crippen molar-refractivity contribution in [3.8, 4) is 0 Å². The second kappa shape index (κ2) is 7.49. The molecule has 2 N–H and O–H groups in total. The molecule has 0 spiro atoms. The van der Waals surface area contributed by atoms with Gasteiger partial charge < -0.3 is 5.73 Å². The summed E-state index contributed by atoms with van der Waals surface area (Å²) in [6.07, 6.45) is 0.846. The van der Waals surface area contributed by atoms with Gasteiger partial charge >= 0.3 is 0 Å². The van der Waals surface area contributed by atoms with Gasteiger partial charge in [-0.1, -0.05) is 19.1 Å². The van der Waals surface area contributed by atoms with E-state index >= 15 is 0 Å². The first kappa shape index (κ1) is 16.6. The van der Waals surface area contributed by atoms with Gasteiger partial charge in [-0.2, -0.15) is 0 Å². The minimum Gasteiger partial charge on any atom is -0.326 e. The predicted octanol–water partition coefficient (Wildman–Crippen LogP) is 4.56. The SMILES string of the molecule is CCC(N)C(c1cccc(F)c1)N(C)Cc1csc(Br)c1. The smallest absolute Gasteiger partial charge is 0.123 e. The molecule has 0 aliphatic carbocycles. The largest absolute Gasteiger partial charge is 0.326 e. The average Bonchev–Trinajstić information content (AvgIpc) is 2.84. The lowest BCUT2D eigenvalue weighted by Gasteiger charge is -2.32. The number of rotatable bonds is 6. The van der Waals surface area contributed by atoms with Crippen LogP contribution in [0.2, 0.25) is 0 Å². The van der Waals surface area contributed by atoms with Crippen molar-refractivity contribution in [2.75, 3.05) is 7.05 Å². The van der Waals surface area contributed by atoms with E-state index < -0.39 is 0 Å². The maximum absolute atomic E-state index is 13.5. The molecule has 0 saturated heterocycles. The van der Waals surface area contributed by atoms with E-state index in [1.54, 1.807) is 23.5 Å². The van der Waals surface area contributed by atoms with Crippen molar-refractivity contribution >= 4 is 27.3 Å². The van der Waals surface area contributed by atoms with E-state index in [2.05, 4.69) is 39.2 Å². The third kappa shape index (κ3) is 4.36. The third-order valence-corrected chi connectivity index (χ3v) is 5.15. The molecule has 0 saturated carbocycles. The van der Waals surface area contributed by atoms with Crippen molar-refractivity contribution in [2.45, 2.75) is 32.0 Å². The van der Waals surface area contributed by atoms with Crippen molar-refractivity contribution in [2.24, 2.45) is 5.73 Å². The molecule has 2 rings (SSSR count). The van der Waals surface area contributed by atoms with Gasteiger partial charge in [-0.3, -0.25) is 4.90 Å². The van der Waals surface area contributed by atoms with Crippen LogP contribution in [0.4, 0.5) is 4.39 Å². The van der Waals surface area contributed by atoms with Gasteiger partial charge in [-0.25, -0.2) is 4.39 Å². The Morgan fingerprint density at radius 2 is 2.14 bits per heavy atom. The summed E-state index contributed by atoms with van der Waals surface area (Å²) in [6.45, 7) is 2.85. The second-order valence-electron chi connectivity index (χ2n) is 5.25. The molecule has 0 radical (unpaired) electrons. The van der Waals surface area contributed by atoms with Crippen LogP contribution < -0.4 is 5.73 Å². The first-order valence-corrected chi connectivity index (χ1v) is 8.62. The molecule has 0 bridgehead atoms. The molecule has 0 amide bonds. The van der Waals surface area contributed by atoms with Crippen LogP contribution in [-0.2, 0) is 6.54 Å². The summed E-state index contributed by atoms with van der Waals surface area (Å²) in [6, 6.07) is 8.83. The molecule has 21 heavy (non-hydrogen) atoms. The maximum atomic E-state index is 13.5. The van der Waals surface area contributed by atoms with Gasteiger partial charge in [0, 0.05) is 12.6 Å². The zero-order chi connectivity index (χ0) is 15.4. The number of thiophene rings is 1. The molecule has 0 aliphatic rings. The van der Waals surface area contributed by atoms with Crippen LogP contribution in [-0.4, -0.2) is 18.0 Å². The van der Waals surface area contributed by atoms with Crippen LogP contribution in [0.15, 0.2) is 39.5 Å². The van der Waals surface area contributed by atoms with Crippen LogP contribution >= 0.6 is 27.3 Å². The van der Waals surface area contributed by atoms with Gasteiger partial charge in [0.1, 0.15) is 5.82 Å². The molecule has 5 heteroatoms. The van der Waals surface area contributed by atoms with Crippen LogP contribution in [0.3, 0.4) is 0 Å². The molecule has 0 aliphatic heterocycles. The molecule has 0 fully saturated rings. The monoisotopic (exact) mass is 370 g/mol. The van der Waals surface area contributed by atoms with Gasteiger partial charge in [-0.15, -0.1) is 11.3 Å². The van der Waals surface area contributed by atoms with Crippen LogP contribution in [0.25, 0.3) is 0 Å². The predicted molar refractivity (Wildman–Crippen MR) is 90.9 cm³/mol. The quantitative estimate of drug-likeness (QED) is 0.807. The fourth-order valence-electron chi connectivity index (χ4n) is 2.56. The summed E-state index contributed by atoms with van der Waals surface area (Å²) in [5.74, 6) is -0.215. The fraction of sp³-hybridized carbons (Fsp3) is 0.375. The van der Waals surface area contributed by atoms with Gasteiger partial charge in [0.25, 0.3) is 0 Å². The summed E-state index contributed by atoms with van der Waals surface area (Å²) >= 11 is 5.15. The molecule has 1 aromatic carbocycles. The standard InChI is InChI=1S/C16H20BrFN2S/c1-3-14(19)16(12-5-4-6-13(18)8-12)20(2)9-11-7-15(17)21-10-11/h4-8,10,14,16H,3,9,19H2,1-2H3. The minimum absolute atomic E-state index is 0.00405. The average molecular weight is 371 g/mol. The Kier molecular flexibility index (Phi) is 5.93. The first-order chi connectivity index (χ1) is 10.0. The van der Waals surface area contributed by atoms with Crippen molar-refractivity contribution in [3.05, 3.63) is 56.4 Å². The van der Waals surface area contributed by atoms with Crippen LogP contribution in [0, 0.1) is 5.82 Å². The molecular formula is C16H20BrFN2S. The van der Waals surface area contributed by atoms with Crippen molar-refractivity contribution in [1.29, 1.82) is 0 Å². The molecule has 2 atom stereocenters. The lowest BCUT2D eigenvalue weighted by molar-refractivity contribution is 0.201. The number of benzene rings is 1. The molecule has 114 valence electrons. The lowest BCUT2D eigenvalue weighted by atomic mass is 9.96. The minimum atomic E-state index is -0.215. The number of nitrogens with zero attached hydrogens (tertiary/aromatic N) is 1. The van der Waals surface area contributed by atoms with Crippen molar-refractivity contribution in [1.82, 2.24) is 4.90 Å². The number of hydrogen-bond donors (Lipinski definition) is 1. The number of nitrogens with two attached hydrogens (primary N) is 1. The highest BCUT2D eigenvalue weighted by atomic mass is 79.9. The second-order valence-corrected chi connectivity index (χ2v) is 7.54. The Morgan fingerprint density at radius 3 is 2.71 bits per heavy atom. The van der Waals surface area contributed by atoms with Crippen LogP contribution in [0.5, 0.6) is 0 Å². The zero-order valence-electron chi connectivity index (χ0n) is 12.2. The van der Waals surface area contributed by atoms with Gasteiger partial charge in [-0.05, 0) is 64.1 Å². The summed E-state index contributed by atoms with van der Waals surface area (Å²) in [5.41, 5.74) is 8.46. The molecule has 2 nitrogen and oxygen atoms in total. The Bertz CT molecular complexity index is 587. The summed E-state index contributed by atoms with van der Waals surface area (Å²) in [4.78, 5) is 2.19. The van der Waals surface area contributed by atoms with E-state index in [1.807, 2.05) is 13.1 Å². The molecular weight excluding hydrogens is 351 g/mol. The summed E-state index contributed by atoms with van der Waals surface area (Å²) in [5, 5.41) is 2.13. The Labute approximate surface area is 137 Å². The van der Waals surface area contributed by atoms with E-state index in [4.69, 9.17) is 5.73 Å². The highest BCUT2D eigenvalue weighted by Gasteiger charge is 2.23. The van der Waals surface area contributed by atoms with Crippen molar-refractivity contribution < 1.29 is 4.39 Å². The maximum Gasteiger partial charge on any atom is 0.123 e. The Balaban J connectivity index is 2.23.